The SMILES string of the molecule is CC(OCCCC(F)(F)F)C(=O)NN. The lowest BCUT2D eigenvalue weighted by Crippen LogP contribution is -2.39. The molecule has 1 amide bonds. The fraction of sp³-hybridized carbons (Fsp3) is 0.857. The van der Waals surface area contributed by atoms with Crippen LogP contribution in [0, 0.1) is 0 Å². The molecule has 0 rings (SSSR count). The van der Waals surface area contributed by atoms with Crippen LogP contribution in [0.25, 0.3) is 0 Å². The molecule has 0 aliphatic rings. The lowest BCUT2D eigenvalue weighted by molar-refractivity contribution is -0.141. The van der Waals surface area contributed by atoms with Crippen molar-refractivity contribution in [3.63, 3.8) is 0 Å². The number of alkyl halides is 3. The van der Waals surface area contributed by atoms with Crippen LogP contribution in [-0.4, -0.2) is 24.8 Å². The zero-order valence-electron chi connectivity index (χ0n) is 7.73. The summed E-state index contributed by atoms with van der Waals surface area (Å²) in [5.74, 6) is 4.23. The third-order valence-corrected chi connectivity index (χ3v) is 1.48. The molecule has 3 N–H and O–H groups in total. The van der Waals surface area contributed by atoms with Crippen LogP contribution >= 0.6 is 0 Å². The molecule has 84 valence electrons. The van der Waals surface area contributed by atoms with Gasteiger partial charge in [0, 0.05) is 13.0 Å². The van der Waals surface area contributed by atoms with E-state index < -0.39 is 24.6 Å². The third-order valence-electron chi connectivity index (χ3n) is 1.48. The zero-order valence-corrected chi connectivity index (χ0v) is 7.73. The highest BCUT2D eigenvalue weighted by Gasteiger charge is 2.26. The second-order valence-corrected chi connectivity index (χ2v) is 2.74. The zero-order chi connectivity index (χ0) is 11.2. The summed E-state index contributed by atoms with van der Waals surface area (Å²) in [4.78, 5) is 10.7. The Morgan fingerprint density at radius 1 is 1.57 bits per heavy atom. The van der Waals surface area contributed by atoms with Crippen molar-refractivity contribution in [2.45, 2.75) is 32.0 Å². The first-order valence-corrected chi connectivity index (χ1v) is 4.05. The number of hydrogen-bond acceptors (Lipinski definition) is 3. The summed E-state index contributed by atoms with van der Waals surface area (Å²) in [6.45, 7) is 1.30. The molecule has 0 saturated carbocycles. The molecule has 0 aromatic heterocycles. The molecule has 0 bridgehead atoms. The van der Waals surface area contributed by atoms with Gasteiger partial charge in [0.05, 0.1) is 0 Å². The van der Waals surface area contributed by atoms with E-state index >= 15 is 0 Å². The Bertz CT molecular complexity index is 184. The van der Waals surface area contributed by atoms with Gasteiger partial charge in [0.1, 0.15) is 6.10 Å². The first-order chi connectivity index (χ1) is 6.37. The Hall–Kier alpha value is -0.820. The summed E-state index contributed by atoms with van der Waals surface area (Å²) in [5.41, 5.74) is 1.84. The highest BCUT2D eigenvalue weighted by atomic mass is 19.4. The molecule has 1 atom stereocenters. The molecule has 0 aromatic rings. The average molecular weight is 214 g/mol. The van der Waals surface area contributed by atoms with Gasteiger partial charge in [-0.15, -0.1) is 0 Å². The Labute approximate surface area is 79.6 Å². The van der Waals surface area contributed by atoms with Gasteiger partial charge in [0.15, 0.2) is 0 Å². The van der Waals surface area contributed by atoms with E-state index in [0.29, 0.717) is 0 Å². The smallest absolute Gasteiger partial charge is 0.369 e. The molecule has 0 spiro atoms. The minimum atomic E-state index is -4.18. The highest BCUT2D eigenvalue weighted by Crippen LogP contribution is 2.21. The molecular weight excluding hydrogens is 201 g/mol. The van der Waals surface area contributed by atoms with Crippen LogP contribution < -0.4 is 11.3 Å². The minimum absolute atomic E-state index is 0.117. The van der Waals surface area contributed by atoms with Gasteiger partial charge in [-0.3, -0.25) is 10.2 Å². The van der Waals surface area contributed by atoms with Crippen LogP contribution in [0.15, 0.2) is 0 Å². The molecule has 1 unspecified atom stereocenters. The van der Waals surface area contributed by atoms with Crippen molar-refractivity contribution in [3.8, 4) is 0 Å². The number of nitrogens with one attached hydrogen (secondary N) is 1. The monoisotopic (exact) mass is 214 g/mol. The highest BCUT2D eigenvalue weighted by molar-refractivity contribution is 5.79. The number of ether oxygens (including phenoxy) is 1. The maximum atomic E-state index is 11.6. The number of halogens is 3. The van der Waals surface area contributed by atoms with Crippen LogP contribution in [0.5, 0.6) is 0 Å². The fourth-order valence-corrected chi connectivity index (χ4v) is 0.726. The van der Waals surface area contributed by atoms with E-state index in [1.54, 1.807) is 0 Å². The van der Waals surface area contributed by atoms with Crippen LogP contribution in [0.2, 0.25) is 0 Å². The number of hydrazine groups is 1. The van der Waals surface area contributed by atoms with Crippen LogP contribution in [0.4, 0.5) is 13.2 Å². The molecule has 4 nitrogen and oxygen atoms in total. The summed E-state index contributed by atoms with van der Waals surface area (Å²) in [5, 5.41) is 0. The lowest BCUT2D eigenvalue weighted by atomic mass is 10.3. The maximum Gasteiger partial charge on any atom is 0.389 e. The van der Waals surface area contributed by atoms with Gasteiger partial charge in [-0.1, -0.05) is 0 Å². The number of hydrogen-bond donors (Lipinski definition) is 2. The quantitative estimate of drug-likeness (QED) is 0.307. The molecule has 0 radical (unpaired) electrons. The molecule has 14 heavy (non-hydrogen) atoms. The first kappa shape index (κ1) is 13.2. The summed E-state index contributed by atoms with van der Waals surface area (Å²) in [7, 11) is 0. The van der Waals surface area contributed by atoms with Gasteiger partial charge in [-0.2, -0.15) is 13.2 Å². The van der Waals surface area contributed by atoms with Gasteiger partial charge >= 0.3 is 6.18 Å². The Morgan fingerprint density at radius 2 is 2.14 bits per heavy atom. The fourth-order valence-electron chi connectivity index (χ4n) is 0.726. The van der Waals surface area contributed by atoms with E-state index in [1.807, 2.05) is 5.43 Å². The van der Waals surface area contributed by atoms with Crippen molar-refractivity contribution in [3.05, 3.63) is 0 Å². The van der Waals surface area contributed by atoms with Crippen molar-refractivity contribution >= 4 is 5.91 Å². The van der Waals surface area contributed by atoms with Gasteiger partial charge in [0.25, 0.3) is 5.91 Å². The van der Waals surface area contributed by atoms with Crippen molar-refractivity contribution in [1.82, 2.24) is 5.43 Å². The molecule has 0 aliphatic carbocycles. The van der Waals surface area contributed by atoms with Crippen molar-refractivity contribution < 1.29 is 22.7 Å². The second-order valence-electron chi connectivity index (χ2n) is 2.74. The molecule has 0 saturated heterocycles. The molecule has 0 heterocycles. The van der Waals surface area contributed by atoms with Gasteiger partial charge in [0.2, 0.25) is 0 Å². The molecule has 0 aromatic carbocycles. The number of carbonyl (C=O) groups is 1. The Kier molecular flexibility index (Phi) is 5.47. The van der Waals surface area contributed by atoms with Gasteiger partial charge < -0.3 is 4.74 Å². The number of amides is 1. The predicted molar refractivity (Wildman–Crippen MR) is 43.0 cm³/mol. The predicted octanol–water partition coefficient (Wildman–Crippen LogP) is 0.724. The average Bonchev–Trinajstić information content (AvgIpc) is 2.09. The minimum Gasteiger partial charge on any atom is -0.369 e. The standard InChI is InChI=1S/C7H13F3N2O2/c1-5(6(13)12-11)14-4-2-3-7(8,9)10/h5H,2-4,11H2,1H3,(H,12,13). The van der Waals surface area contributed by atoms with Gasteiger partial charge in [-0.25, -0.2) is 5.84 Å². The van der Waals surface area contributed by atoms with E-state index in [4.69, 9.17) is 10.6 Å². The van der Waals surface area contributed by atoms with Gasteiger partial charge in [-0.05, 0) is 13.3 Å². The van der Waals surface area contributed by atoms with E-state index in [1.165, 1.54) is 6.92 Å². The molecular formula is C7H13F3N2O2. The van der Waals surface area contributed by atoms with Crippen LogP contribution in [0.3, 0.4) is 0 Å². The summed E-state index contributed by atoms with van der Waals surface area (Å²) in [6.07, 6.45) is -6.08. The van der Waals surface area contributed by atoms with Crippen LogP contribution in [0.1, 0.15) is 19.8 Å². The second kappa shape index (κ2) is 5.82. The summed E-state index contributed by atoms with van der Waals surface area (Å²) < 4.78 is 39.7. The lowest BCUT2D eigenvalue weighted by Gasteiger charge is -2.11. The van der Waals surface area contributed by atoms with Crippen molar-refractivity contribution in [2.75, 3.05) is 6.61 Å². The normalized spacial score (nSPS) is 13.8. The molecule has 0 fully saturated rings. The number of rotatable bonds is 5. The summed E-state index contributed by atoms with van der Waals surface area (Å²) in [6, 6.07) is 0. The largest absolute Gasteiger partial charge is 0.389 e. The number of carbonyl (C=O) groups excluding carboxylic acids is 1. The Morgan fingerprint density at radius 3 is 2.57 bits per heavy atom. The van der Waals surface area contributed by atoms with Crippen molar-refractivity contribution in [1.29, 1.82) is 0 Å². The summed E-state index contributed by atoms with van der Waals surface area (Å²) >= 11 is 0. The third kappa shape index (κ3) is 6.67. The topological polar surface area (TPSA) is 64.3 Å². The first-order valence-electron chi connectivity index (χ1n) is 4.05. The maximum absolute atomic E-state index is 11.6. The van der Waals surface area contributed by atoms with E-state index in [-0.39, 0.29) is 13.0 Å². The molecule has 0 aliphatic heterocycles. The Balaban J connectivity index is 3.50. The van der Waals surface area contributed by atoms with E-state index in [0.717, 1.165) is 0 Å². The molecule has 7 heteroatoms. The number of nitrogens with two attached hydrogens (primary N) is 1. The van der Waals surface area contributed by atoms with E-state index in [2.05, 4.69) is 0 Å². The van der Waals surface area contributed by atoms with Crippen LogP contribution in [-0.2, 0) is 9.53 Å². The van der Waals surface area contributed by atoms with E-state index in [9.17, 15) is 18.0 Å². The van der Waals surface area contributed by atoms with Crippen molar-refractivity contribution in [2.24, 2.45) is 5.84 Å².